The van der Waals surface area contributed by atoms with Gasteiger partial charge < -0.3 is 20.1 Å². The average Bonchev–Trinajstić information content (AvgIpc) is 2.29. The Morgan fingerprint density at radius 1 is 1.33 bits per heavy atom. The predicted octanol–water partition coefficient (Wildman–Crippen LogP) is 0.726. The largest absolute Gasteiger partial charge is 0.354 e. The van der Waals surface area contributed by atoms with Gasteiger partial charge in [-0.15, -0.1) is 0 Å². The van der Waals surface area contributed by atoms with E-state index < -0.39 is 0 Å². The van der Waals surface area contributed by atoms with Gasteiger partial charge in [0.15, 0.2) is 6.29 Å². The van der Waals surface area contributed by atoms with Crippen molar-refractivity contribution in [3.8, 4) is 0 Å². The molecule has 0 radical (unpaired) electrons. The minimum Gasteiger partial charge on any atom is -0.354 e. The Kier molecular flexibility index (Phi) is 6.17. The molecule has 1 aliphatic heterocycles. The molecule has 0 aromatic heterocycles. The predicted molar refractivity (Wildman–Crippen MR) is 60.9 cm³/mol. The minimum absolute atomic E-state index is 0.159. The van der Waals surface area contributed by atoms with E-state index in [9.17, 15) is 0 Å². The molecule has 0 spiro atoms. The van der Waals surface area contributed by atoms with Crippen molar-refractivity contribution in [3.05, 3.63) is 0 Å². The van der Waals surface area contributed by atoms with Crippen molar-refractivity contribution in [1.82, 2.24) is 10.6 Å². The summed E-state index contributed by atoms with van der Waals surface area (Å²) in [6.45, 7) is 4.23. The number of hydrogen-bond donors (Lipinski definition) is 2. The monoisotopic (exact) mass is 216 g/mol. The normalized spacial score (nSPS) is 24.4. The van der Waals surface area contributed by atoms with Crippen LogP contribution in [0.4, 0.5) is 0 Å². The van der Waals surface area contributed by atoms with E-state index in [1.807, 2.05) is 0 Å². The van der Waals surface area contributed by atoms with Crippen LogP contribution in [0.3, 0.4) is 0 Å². The Hall–Kier alpha value is -0.160. The number of rotatable bonds is 6. The zero-order valence-electron chi connectivity index (χ0n) is 10.1. The Bertz CT molecular complexity index is 157. The van der Waals surface area contributed by atoms with Crippen molar-refractivity contribution >= 4 is 0 Å². The molecule has 4 heteroatoms. The molecular formula is C11H24N2O2. The molecule has 2 N–H and O–H groups in total. The maximum absolute atomic E-state index is 5.20. The van der Waals surface area contributed by atoms with Crippen LogP contribution in [0.15, 0.2) is 0 Å². The standard InChI is InChI=1S/C11H24N2O2/c1-9(11(14-2)15-3)13-8-10-6-4-5-7-12-10/h9-13H,4-8H2,1-3H3. The average molecular weight is 216 g/mol. The molecule has 0 saturated carbocycles. The van der Waals surface area contributed by atoms with E-state index in [4.69, 9.17) is 9.47 Å². The highest BCUT2D eigenvalue weighted by atomic mass is 16.7. The van der Waals surface area contributed by atoms with Gasteiger partial charge in [0.2, 0.25) is 0 Å². The van der Waals surface area contributed by atoms with Crippen molar-refractivity contribution in [2.45, 2.75) is 44.6 Å². The third-order valence-electron chi connectivity index (χ3n) is 2.97. The van der Waals surface area contributed by atoms with E-state index in [0.717, 1.165) is 13.1 Å². The molecule has 1 aliphatic rings. The van der Waals surface area contributed by atoms with Gasteiger partial charge in [0.1, 0.15) is 0 Å². The number of methoxy groups -OCH3 is 2. The molecule has 15 heavy (non-hydrogen) atoms. The summed E-state index contributed by atoms with van der Waals surface area (Å²) in [6, 6.07) is 0.833. The molecule has 1 fully saturated rings. The molecule has 0 bridgehead atoms. The number of piperidine rings is 1. The molecule has 1 rings (SSSR count). The molecule has 2 unspecified atom stereocenters. The lowest BCUT2D eigenvalue weighted by atomic mass is 10.0. The van der Waals surface area contributed by atoms with E-state index in [1.54, 1.807) is 14.2 Å². The van der Waals surface area contributed by atoms with Gasteiger partial charge in [-0.05, 0) is 26.3 Å². The SMILES string of the molecule is COC(OC)C(C)NCC1CCCCN1. The van der Waals surface area contributed by atoms with Gasteiger partial charge in [0.05, 0.1) is 6.04 Å². The minimum atomic E-state index is -0.159. The summed E-state index contributed by atoms with van der Waals surface area (Å²) in [6.07, 6.45) is 3.76. The van der Waals surface area contributed by atoms with Crippen LogP contribution in [-0.2, 0) is 9.47 Å². The van der Waals surface area contributed by atoms with E-state index in [-0.39, 0.29) is 12.3 Å². The topological polar surface area (TPSA) is 42.5 Å². The Morgan fingerprint density at radius 2 is 2.07 bits per heavy atom. The fourth-order valence-corrected chi connectivity index (χ4v) is 2.03. The van der Waals surface area contributed by atoms with Crippen molar-refractivity contribution < 1.29 is 9.47 Å². The van der Waals surface area contributed by atoms with Crippen LogP contribution in [0.2, 0.25) is 0 Å². The molecule has 0 aromatic rings. The summed E-state index contributed by atoms with van der Waals surface area (Å²) in [5.74, 6) is 0. The highest BCUT2D eigenvalue weighted by Crippen LogP contribution is 2.06. The van der Waals surface area contributed by atoms with Crippen LogP contribution in [0, 0.1) is 0 Å². The maximum Gasteiger partial charge on any atom is 0.171 e. The van der Waals surface area contributed by atoms with E-state index in [2.05, 4.69) is 17.6 Å². The highest BCUT2D eigenvalue weighted by molar-refractivity contribution is 4.76. The molecular weight excluding hydrogens is 192 g/mol. The van der Waals surface area contributed by atoms with E-state index in [1.165, 1.54) is 19.3 Å². The summed E-state index contributed by atoms with van der Waals surface area (Å²) >= 11 is 0. The van der Waals surface area contributed by atoms with Crippen LogP contribution in [0.5, 0.6) is 0 Å². The second kappa shape index (κ2) is 7.17. The number of hydrogen-bond acceptors (Lipinski definition) is 4. The van der Waals surface area contributed by atoms with Gasteiger partial charge in [-0.3, -0.25) is 0 Å². The number of ether oxygens (including phenoxy) is 2. The molecule has 1 heterocycles. The van der Waals surface area contributed by atoms with Crippen LogP contribution in [0.25, 0.3) is 0 Å². The summed E-state index contributed by atoms with van der Waals surface area (Å²) in [5.41, 5.74) is 0. The van der Waals surface area contributed by atoms with E-state index >= 15 is 0 Å². The van der Waals surface area contributed by atoms with Gasteiger partial charge in [0.25, 0.3) is 0 Å². The third kappa shape index (κ3) is 4.47. The smallest absolute Gasteiger partial charge is 0.171 e. The Balaban J connectivity index is 2.16. The lowest BCUT2D eigenvalue weighted by Crippen LogP contribution is -2.47. The Morgan fingerprint density at radius 3 is 2.60 bits per heavy atom. The van der Waals surface area contributed by atoms with Crippen LogP contribution in [-0.4, -0.2) is 45.7 Å². The zero-order valence-corrected chi connectivity index (χ0v) is 10.1. The van der Waals surface area contributed by atoms with Gasteiger partial charge in [-0.2, -0.15) is 0 Å². The van der Waals surface area contributed by atoms with Gasteiger partial charge in [0, 0.05) is 26.8 Å². The van der Waals surface area contributed by atoms with Gasteiger partial charge >= 0.3 is 0 Å². The molecule has 90 valence electrons. The van der Waals surface area contributed by atoms with E-state index in [0.29, 0.717) is 6.04 Å². The first-order chi connectivity index (χ1) is 7.27. The molecule has 0 amide bonds. The van der Waals surface area contributed by atoms with Crippen molar-refractivity contribution in [2.24, 2.45) is 0 Å². The molecule has 2 atom stereocenters. The summed E-state index contributed by atoms with van der Waals surface area (Å²) in [7, 11) is 3.34. The highest BCUT2D eigenvalue weighted by Gasteiger charge is 2.18. The molecule has 0 aromatic carbocycles. The van der Waals surface area contributed by atoms with Gasteiger partial charge in [-0.25, -0.2) is 0 Å². The first-order valence-corrected chi connectivity index (χ1v) is 5.80. The van der Waals surface area contributed by atoms with Crippen LogP contribution < -0.4 is 10.6 Å². The summed E-state index contributed by atoms with van der Waals surface area (Å²) in [5, 5.41) is 6.95. The van der Waals surface area contributed by atoms with Crippen molar-refractivity contribution in [3.63, 3.8) is 0 Å². The third-order valence-corrected chi connectivity index (χ3v) is 2.97. The maximum atomic E-state index is 5.20. The fourth-order valence-electron chi connectivity index (χ4n) is 2.03. The Labute approximate surface area is 92.7 Å². The van der Waals surface area contributed by atoms with Crippen molar-refractivity contribution in [2.75, 3.05) is 27.3 Å². The number of nitrogens with one attached hydrogen (secondary N) is 2. The van der Waals surface area contributed by atoms with Crippen LogP contribution in [0.1, 0.15) is 26.2 Å². The molecule has 1 saturated heterocycles. The summed E-state index contributed by atoms with van der Waals surface area (Å²) < 4.78 is 10.4. The first kappa shape index (κ1) is 12.9. The lowest BCUT2D eigenvalue weighted by molar-refractivity contribution is -0.119. The molecule has 4 nitrogen and oxygen atoms in total. The summed E-state index contributed by atoms with van der Waals surface area (Å²) in [4.78, 5) is 0. The quantitative estimate of drug-likeness (QED) is 0.642. The van der Waals surface area contributed by atoms with Crippen molar-refractivity contribution in [1.29, 1.82) is 0 Å². The first-order valence-electron chi connectivity index (χ1n) is 5.80. The fraction of sp³-hybridized carbons (Fsp3) is 1.00. The zero-order chi connectivity index (χ0) is 11.1. The van der Waals surface area contributed by atoms with Gasteiger partial charge in [-0.1, -0.05) is 6.42 Å². The second-order valence-corrected chi connectivity index (χ2v) is 4.18. The van der Waals surface area contributed by atoms with Crippen LogP contribution >= 0.6 is 0 Å². The second-order valence-electron chi connectivity index (χ2n) is 4.18. The molecule has 0 aliphatic carbocycles. The lowest BCUT2D eigenvalue weighted by Gasteiger charge is -2.27.